The lowest BCUT2D eigenvalue weighted by atomic mass is 9.98. The van der Waals surface area contributed by atoms with Crippen LogP contribution in [0.25, 0.3) is 0 Å². The van der Waals surface area contributed by atoms with Gasteiger partial charge in [0.1, 0.15) is 0 Å². The van der Waals surface area contributed by atoms with Crippen molar-refractivity contribution >= 4 is 21.2 Å². The van der Waals surface area contributed by atoms with Crippen LogP contribution < -0.4 is 0 Å². The van der Waals surface area contributed by atoms with Crippen molar-refractivity contribution in [2.75, 3.05) is 11.5 Å². The monoisotopic (exact) mass is 260 g/mol. The van der Waals surface area contributed by atoms with Crippen LogP contribution in [0.15, 0.2) is 11.4 Å². The average Bonchev–Trinajstić information content (AvgIpc) is 2.73. The van der Waals surface area contributed by atoms with Gasteiger partial charge in [0.25, 0.3) is 0 Å². The van der Waals surface area contributed by atoms with Gasteiger partial charge in [-0.2, -0.15) is 0 Å². The summed E-state index contributed by atoms with van der Waals surface area (Å²) in [4.78, 5) is 1.17. The molecule has 0 spiro atoms. The van der Waals surface area contributed by atoms with Gasteiger partial charge in [-0.15, -0.1) is 11.3 Å². The fourth-order valence-electron chi connectivity index (χ4n) is 2.15. The van der Waals surface area contributed by atoms with Crippen LogP contribution in [0.3, 0.4) is 0 Å². The van der Waals surface area contributed by atoms with Crippen LogP contribution in [-0.4, -0.2) is 25.0 Å². The maximum atomic E-state index is 11.3. The van der Waals surface area contributed by atoms with Crippen molar-refractivity contribution in [3.8, 4) is 0 Å². The molecule has 1 aliphatic rings. The summed E-state index contributed by atoms with van der Waals surface area (Å²) in [6, 6.07) is 1.97. The summed E-state index contributed by atoms with van der Waals surface area (Å²) in [7, 11) is -2.83. The van der Waals surface area contributed by atoms with Gasteiger partial charge < -0.3 is 5.11 Å². The Morgan fingerprint density at radius 3 is 2.88 bits per heavy atom. The quantitative estimate of drug-likeness (QED) is 0.903. The fourth-order valence-corrected chi connectivity index (χ4v) is 4.78. The minimum Gasteiger partial charge on any atom is -0.388 e. The first kappa shape index (κ1) is 12.1. The zero-order valence-electron chi connectivity index (χ0n) is 9.22. The molecule has 16 heavy (non-hydrogen) atoms. The van der Waals surface area contributed by atoms with Gasteiger partial charge in [-0.1, -0.05) is 0 Å². The van der Waals surface area contributed by atoms with E-state index in [-0.39, 0.29) is 17.4 Å². The van der Waals surface area contributed by atoms with E-state index in [9.17, 15) is 13.5 Å². The lowest BCUT2D eigenvalue weighted by molar-refractivity contribution is 0.149. The number of aliphatic hydroxyl groups excluding tert-OH is 1. The van der Waals surface area contributed by atoms with Crippen LogP contribution >= 0.6 is 11.3 Å². The van der Waals surface area contributed by atoms with Gasteiger partial charge in [0.05, 0.1) is 17.6 Å². The Morgan fingerprint density at radius 2 is 2.38 bits per heavy atom. The predicted octanol–water partition coefficient (Wildman–Crippen LogP) is 1.91. The lowest BCUT2D eigenvalue weighted by Crippen LogP contribution is -2.09. The highest BCUT2D eigenvalue weighted by molar-refractivity contribution is 7.91. The van der Waals surface area contributed by atoms with Crippen LogP contribution in [0.5, 0.6) is 0 Å². The van der Waals surface area contributed by atoms with Crippen LogP contribution in [0.1, 0.15) is 29.4 Å². The van der Waals surface area contributed by atoms with Gasteiger partial charge >= 0.3 is 0 Å². The molecule has 2 unspecified atom stereocenters. The number of aliphatic hydroxyl groups is 1. The van der Waals surface area contributed by atoms with E-state index in [4.69, 9.17) is 0 Å². The molecule has 1 aromatic heterocycles. The molecule has 1 aromatic rings. The lowest BCUT2D eigenvalue weighted by Gasteiger charge is -2.13. The minimum atomic E-state index is -2.83. The molecule has 90 valence electrons. The fraction of sp³-hybridized carbons (Fsp3) is 0.636. The molecule has 0 aromatic carbocycles. The molecule has 2 heterocycles. The maximum absolute atomic E-state index is 11.3. The molecule has 1 fully saturated rings. The summed E-state index contributed by atoms with van der Waals surface area (Å²) in [5, 5.41) is 11.9. The summed E-state index contributed by atoms with van der Waals surface area (Å²) in [5.74, 6) is 0.653. The van der Waals surface area contributed by atoms with E-state index >= 15 is 0 Å². The van der Waals surface area contributed by atoms with E-state index in [1.54, 1.807) is 11.3 Å². The second-order valence-corrected chi connectivity index (χ2v) is 7.86. The maximum Gasteiger partial charge on any atom is 0.150 e. The number of hydrogen-bond acceptors (Lipinski definition) is 4. The van der Waals surface area contributed by atoms with E-state index in [2.05, 4.69) is 0 Å². The van der Waals surface area contributed by atoms with Gasteiger partial charge in [0.15, 0.2) is 9.84 Å². The minimum absolute atomic E-state index is 0.125. The first-order chi connectivity index (χ1) is 7.46. The second-order valence-electron chi connectivity index (χ2n) is 4.51. The summed E-state index contributed by atoms with van der Waals surface area (Å²) >= 11 is 1.61. The van der Waals surface area contributed by atoms with E-state index in [1.807, 2.05) is 18.4 Å². The molecule has 1 N–H and O–H groups in total. The Kier molecular flexibility index (Phi) is 3.37. The van der Waals surface area contributed by atoms with Crippen molar-refractivity contribution in [2.45, 2.75) is 25.9 Å². The normalized spacial score (nSPS) is 25.8. The topological polar surface area (TPSA) is 54.4 Å². The van der Waals surface area contributed by atoms with E-state index in [0.29, 0.717) is 12.8 Å². The molecular formula is C11H16O3S2. The van der Waals surface area contributed by atoms with Crippen molar-refractivity contribution < 1.29 is 13.5 Å². The zero-order valence-corrected chi connectivity index (χ0v) is 10.9. The van der Waals surface area contributed by atoms with Crippen molar-refractivity contribution in [1.29, 1.82) is 0 Å². The average molecular weight is 260 g/mol. The standard InChI is InChI=1S/C11H16O3S2/c1-8-4-10(6-15-8)11(12)5-9-2-3-16(13,14)7-9/h4,6,9,11-12H,2-3,5,7H2,1H3. The Hall–Kier alpha value is -0.390. The summed E-state index contributed by atoms with van der Waals surface area (Å²) in [6.07, 6.45) is 0.751. The summed E-state index contributed by atoms with van der Waals surface area (Å²) in [5.41, 5.74) is 0.923. The molecular weight excluding hydrogens is 244 g/mol. The SMILES string of the molecule is Cc1cc(C(O)CC2CCS(=O)(=O)C2)cs1. The molecule has 1 aliphatic heterocycles. The molecule has 3 nitrogen and oxygen atoms in total. The van der Waals surface area contributed by atoms with Gasteiger partial charge in [-0.3, -0.25) is 0 Å². The largest absolute Gasteiger partial charge is 0.388 e. The van der Waals surface area contributed by atoms with Gasteiger partial charge in [0, 0.05) is 4.88 Å². The smallest absolute Gasteiger partial charge is 0.150 e. The van der Waals surface area contributed by atoms with Crippen molar-refractivity contribution in [3.05, 3.63) is 21.9 Å². The number of rotatable bonds is 3. The Balaban J connectivity index is 1.96. The number of hydrogen-bond donors (Lipinski definition) is 1. The highest BCUT2D eigenvalue weighted by Gasteiger charge is 2.29. The molecule has 2 atom stereocenters. The zero-order chi connectivity index (χ0) is 11.8. The molecule has 2 rings (SSSR count). The summed E-state index contributed by atoms with van der Waals surface area (Å²) < 4.78 is 22.6. The van der Waals surface area contributed by atoms with Crippen LogP contribution in [-0.2, 0) is 9.84 Å². The third-order valence-electron chi connectivity index (χ3n) is 3.02. The van der Waals surface area contributed by atoms with E-state index < -0.39 is 15.9 Å². The third kappa shape index (κ3) is 2.84. The molecule has 0 bridgehead atoms. The van der Waals surface area contributed by atoms with Gasteiger partial charge in [0.2, 0.25) is 0 Å². The third-order valence-corrected chi connectivity index (χ3v) is 5.74. The van der Waals surface area contributed by atoms with E-state index in [1.165, 1.54) is 4.88 Å². The summed E-state index contributed by atoms with van der Waals surface area (Å²) in [6.45, 7) is 2.00. The van der Waals surface area contributed by atoms with E-state index in [0.717, 1.165) is 5.56 Å². The molecule has 5 heteroatoms. The predicted molar refractivity (Wildman–Crippen MR) is 65.4 cm³/mol. The second kappa shape index (κ2) is 4.47. The Morgan fingerprint density at radius 1 is 1.62 bits per heavy atom. The number of thiophene rings is 1. The molecule has 0 amide bonds. The number of aryl methyl sites for hydroxylation is 1. The highest BCUT2D eigenvalue weighted by Crippen LogP contribution is 2.30. The highest BCUT2D eigenvalue weighted by atomic mass is 32.2. The first-order valence-electron chi connectivity index (χ1n) is 5.40. The Labute approximate surface area is 100 Å². The van der Waals surface area contributed by atoms with Crippen LogP contribution in [0.4, 0.5) is 0 Å². The number of sulfone groups is 1. The first-order valence-corrected chi connectivity index (χ1v) is 8.10. The van der Waals surface area contributed by atoms with Gasteiger partial charge in [-0.05, 0) is 42.7 Å². The molecule has 0 aliphatic carbocycles. The van der Waals surface area contributed by atoms with Crippen LogP contribution in [0, 0.1) is 12.8 Å². The van der Waals surface area contributed by atoms with Gasteiger partial charge in [-0.25, -0.2) is 8.42 Å². The molecule has 0 saturated carbocycles. The molecule has 0 radical (unpaired) electrons. The van der Waals surface area contributed by atoms with Crippen molar-refractivity contribution in [1.82, 2.24) is 0 Å². The molecule has 1 saturated heterocycles. The van der Waals surface area contributed by atoms with Crippen molar-refractivity contribution in [2.24, 2.45) is 5.92 Å². The Bertz CT molecular complexity index is 461. The van der Waals surface area contributed by atoms with Crippen LogP contribution in [0.2, 0.25) is 0 Å². The van der Waals surface area contributed by atoms with Crippen molar-refractivity contribution in [3.63, 3.8) is 0 Å².